The summed E-state index contributed by atoms with van der Waals surface area (Å²) in [4.78, 5) is 40.4. The molecule has 2 aromatic carbocycles. The van der Waals surface area contributed by atoms with E-state index in [2.05, 4.69) is 12.2 Å². The lowest BCUT2D eigenvalue weighted by molar-refractivity contribution is -0.122. The summed E-state index contributed by atoms with van der Waals surface area (Å²) in [5, 5.41) is 3.37. The van der Waals surface area contributed by atoms with Gasteiger partial charge in [-0.15, -0.1) is 0 Å². The van der Waals surface area contributed by atoms with E-state index in [4.69, 9.17) is 11.6 Å². The van der Waals surface area contributed by atoms with Crippen LogP contribution in [0.4, 0.5) is 11.4 Å². The second-order valence-corrected chi connectivity index (χ2v) is 8.51. The number of aryl methyl sites for hydroxylation is 1. The fraction of sp³-hybridized carbons (Fsp3) is 0.348. The summed E-state index contributed by atoms with van der Waals surface area (Å²) in [6.45, 7) is 3.99. The number of carbonyl (C=O) groups is 3. The van der Waals surface area contributed by atoms with Crippen LogP contribution in [0.5, 0.6) is 0 Å². The third-order valence-electron chi connectivity index (χ3n) is 6.03. The standard InChI is InChI=1S/C23H23ClN2O3/c1-13-7-10-16-18(11-13)23(29)26(22(16)28)20-6-4-3-5-17(20)21(27)25-19-12-15(24)9-8-14(19)2/h3-6,8-9,12-13,16,18H,7,10-11H2,1-2H3,(H,25,27)/t13-,16+,18+/m1/s1. The highest BCUT2D eigenvalue weighted by molar-refractivity contribution is 6.31. The third kappa shape index (κ3) is 3.55. The summed E-state index contributed by atoms with van der Waals surface area (Å²) in [7, 11) is 0. The minimum absolute atomic E-state index is 0.189. The van der Waals surface area contributed by atoms with Crippen molar-refractivity contribution in [2.75, 3.05) is 10.2 Å². The number of rotatable bonds is 3. The molecule has 0 aromatic heterocycles. The number of benzene rings is 2. The van der Waals surface area contributed by atoms with Crippen LogP contribution in [0.15, 0.2) is 42.5 Å². The van der Waals surface area contributed by atoms with Gasteiger partial charge in [-0.2, -0.15) is 0 Å². The van der Waals surface area contributed by atoms with E-state index in [1.165, 1.54) is 4.90 Å². The monoisotopic (exact) mass is 410 g/mol. The van der Waals surface area contributed by atoms with Gasteiger partial charge < -0.3 is 5.32 Å². The van der Waals surface area contributed by atoms with Gasteiger partial charge in [0, 0.05) is 10.7 Å². The van der Waals surface area contributed by atoms with Gasteiger partial charge in [-0.25, -0.2) is 4.90 Å². The van der Waals surface area contributed by atoms with Crippen molar-refractivity contribution < 1.29 is 14.4 Å². The average molecular weight is 411 g/mol. The summed E-state index contributed by atoms with van der Waals surface area (Å²) in [6, 6.07) is 12.0. The molecule has 0 spiro atoms. The Balaban J connectivity index is 1.67. The summed E-state index contributed by atoms with van der Waals surface area (Å²) in [5.41, 5.74) is 2.11. The van der Waals surface area contributed by atoms with Crippen LogP contribution < -0.4 is 10.2 Å². The van der Waals surface area contributed by atoms with Crippen molar-refractivity contribution in [3.8, 4) is 0 Å². The van der Waals surface area contributed by atoms with Crippen LogP contribution in [-0.4, -0.2) is 17.7 Å². The molecule has 1 aliphatic carbocycles. The average Bonchev–Trinajstić information content (AvgIpc) is 2.94. The number of nitrogens with zero attached hydrogens (tertiary/aromatic N) is 1. The van der Waals surface area contributed by atoms with Gasteiger partial charge in [0.15, 0.2) is 0 Å². The zero-order valence-corrected chi connectivity index (χ0v) is 17.2. The van der Waals surface area contributed by atoms with E-state index in [1.807, 2.05) is 13.0 Å². The Hall–Kier alpha value is -2.66. The maximum Gasteiger partial charge on any atom is 0.257 e. The second kappa shape index (κ2) is 7.64. The molecule has 1 saturated carbocycles. The molecule has 2 fully saturated rings. The molecule has 0 radical (unpaired) electrons. The smallest absolute Gasteiger partial charge is 0.257 e. The van der Waals surface area contributed by atoms with Crippen LogP contribution in [0.1, 0.15) is 42.1 Å². The molecule has 2 aromatic rings. The molecular weight excluding hydrogens is 388 g/mol. The number of fused-ring (bicyclic) bond motifs is 1. The highest BCUT2D eigenvalue weighted by Gasteiger charge is 2.50. The van der Waals surface area contributed by atoms with Crippen LogP contribution in [-0.2, 0) is 9.59 Å². The topological polar surface area (TPSA) is 66.5 Å². The van der Waals surface area contributed by atoms with Crippen LogP contribution in [0.3, 0.4) is 0 Å². The van der Waals surface area contributed by atoms with Crippen LogP contribution >= 0.6 is 11.6 Å². The minimum atomic E-state index is -0.380. The number of para-hydroxylation sites is 1. The molecule has 1 heterocycles. The summed E-state index contributed by atoms with van der Waals surface area (Å²) in [5.74, 6) is -0.883. The zero-order valence-electron chi connectivity index (χ0n) is 16.4. The molecule has 1 aliphatic heterocycles. The number of halogens is 1. The number of carbonyl (C=O) groups excluding carboxylic acids is 3. The lowest BCUT2D eigenvalue weighted by atomic mass is 9.76. The molecule has 1 N–H and O–H groups in total. The Kier molecular flexibility index (Phi) is 5.17. The lowest BCUT2D eigenvalue weighted by Crippen LogP contribution is -2.33. The van der Waals surface area contributed by atoms with E-state index in [0.717, 1.165) is 24.8 Å². The minimum Gasteiger partial charge on any atom is -0.322 e. The SMILES string of the molecule is Cc1ccc(Cl)cc1NC(=O)c1ccccc1N1C(=O)[C@H]2CC[C@@H](C)C[C@@H]2C1=O. The largest absolute Gasteiger partial charge is 0.322 e. The first-order valence-corrected chi connectivity index (χ1v) is 10.3. The van der Waals surface area contributed by atoms with Crippen molar-refractivity contribution >= 4 is 40.7 Å². The number of anilines is 2. The Labute approximate surface area is 175 Å². The molecule has 6 heteroatoms. The van der Waals surface area contributed by atoms with Crippen LogP contribution in [0, 0.1) is 24.7 Å². The molecule has 1 saturated heterocycles. The van der Waals surface area contributed by atoms with Gasteiger partial charge in [-0.05, 0) is 61.9 Å². The molecule has 3 amide bonds. The van der Waals surface area contributed by atoms with E-state index in [1.54, 1.807) is 36.4 Å². The first kappa shape index (κ1) is 19.6. The molecule has 29 heavy (non-hydrogen) atoms. The van der Waals surface area contributed by atoms with Gasteiger partial charge >= 0.3 is 0 Å². The van der Waals surface area contributed by atoms with Gasteiger partial charge in [0.05, 0.1) is 23.1 Å². The molecule has 5 nitrogen and oxygen atoms in total. The van der Waals surface area contributed by atoms with Crippen LogP contribution in [0.25, 0.3) is 0 Å². The predicted octanol–water partition coefficient (Wildman–Crippen LogP) is 4.83. The predicted molar refractivity (Wildman–Crippen MR) is 113 cm³/mol. The third-order valence-corrected chi connectivity index (χ3v) is 6.26. The highest BCUT2D eigenvalue weighted by Crippen LogP contribution is 2.42. The van der Waals surface area contributed by atoms with Gasteiger partial charge in [0.2, 0.25) is 11.8 Å². The van der Waals surface area contributed by atoms with Gasteiger partial charge in [0.25, 0.3) is 5.91 Å². The number of nitrogens with one attached hydrogen (secondary N) is 1. The lowest BCUT2D eigenvalue weighted by Gasteiger charge is -2.25. The van der Waals surface area contributed by atoms with Crippen LogP contribution in [0.2, 0.25) is 5.02 Å². The molecule has 3 atom stereocenters. The highest BCUT2D eigenvalue weighted by atomic mass is 35.5. The van der Waals surface area contributed by atoms with Crippen molar-refractivity contribution in [3.05, 3.63) is 58.6 Å². The maximum absolute atomic E-state index is 13.1. The van der Waals surface area contributed by atoms with Crippen molar-refractivity contribution in [2.45, 2.75) is 33.1 Å². The molecule has 0 unspecified atom stereocenters. The fourth-order valence-electron chi connectivity index (χ4n) is 4.41. The van der Waals surface area contributed by atoms with E-state index >= 15 is 0 Å². The summed E-state index contributed by atoms with van der Waals surface area (Å²) < 4.78 is 0. The quantitative estimate of drug-likeness (QED) is 0.737. The first-order chi connectivity index (χ1) is 13.9. The normalized spacial score (nSPS) is 23.8. The summed E-state index contributed by atoms with van der Waals surface area (Å²) >= 11 is 6.05. The second-order valence-electron chi connectivity index (χ2n) is 8.07. The zero-order chi connectivity index (χ0) is 20.7. The van der Waals surface area contributed by atoms with Gasteiger partial charge in [0.1, 0.15) is 0 Å². The number of amides is 3. The van der Waals surface area contributed by atoms with Gasteiger partial charge in [-0.1, -0.05) is 36.7 Å². The molecule has 4 rings (SSSR count). The van der Waals surface area contributed by atoms with Crippen molar-refractivity contribution in [2.24, 2.45) is 17.8 Å². The molecule has 0 bridgehead atoms. The van der Waals surface area contributed by atoms with E-state index in [-0.39, 0.29) is 29.6 Å². The molecule has 2 aliphatic rings. The fourth-order valence-corrected chi connectivity index (χ4v) is 4.58. The van der Waals surface area contributed by atoms with E-state index in [9.17, 15) is 14.4 Å². The number of hydrogen-bond acceptors (Lipinski definition) is 3. The Morgan fingerprint density at radius 3 is 2.59 bits per heavy atom. The van der Waals surface area contributed by atoms with Crippen molar-refractivity contribution in [1.82, 2.24) is 0 Å². The van der Waals surface area contributed by atoms with E-state index in [0.29, 0.717) is 27.9 Å². The number of imide groups is 1. The molecular formula is C23H23ClN2O3. The molecule has 150 valence electrons. The Bertz CT molecular complexity index is 1000. The maximum atomic E-state index is 13.1. The van der Waals surface area contributed by atoms with Gasteiger partial charge in [-0.3, -0.25) is 14.4 Å². The first-order valence-electron chi connectivity index (χ1n) is 9.91. The Morgan fingerprint density at radius 2 is 1.79 bits per heavy atom. The Morgan fingerprint density at radius 1 is 1.07 bits per heavy atom. The number of hydrogen-bond donors (Lipinski definition) is 1. The van der Waals surface area contributed by atoms with Crippen molar-refractivity contribution in [1.29, 1.82) is 0 Å². The van der Waals surface area contributed by atoms with Crippen molar-refractivity contribution in [3.63, 3.8) is 0 Å². The van der Waals surface area contributed by atoms with E-state index < -0.39 is 0 Å². The summed E-state index contributed by atoms with van der Waals surface area (Å²) in [6.07, 6.45) is 2.40.